The standard InChI is InChI=1S/C27H44ClN5O3S/c1-14-6-27(7-14)8-16(9-27)25(35)33-12-20-22(13-33)37-26(31-20)32-24(34)19-10-29-15(2)4-17(19)18-5-23(28)30-11-21(18)36-3/h14-23,26,29-31H,4-13H2,1-3H3,(H,32,34). The van der Waals surface area contributed by atoms with Crippen LogP contribution < -0.4 is 21.3 Å². The van der Waals surface area contributed by atoms with Gasteiger partial charge in [-0.05, 0) is 68.6 Å². The number of ether oxygens (including phenoxy) is 1. The summed E-state index contributed by atoms with van der Waals surface area (Å²) < 4.78 is 5.81. The van der Waals surface area contributed by atoms with Crippen LogP contribution in [0.1, 0.15) is 52.4 Å². The van der Waals surface area contributed by atoms with E-state index in [1.807, 2.05) is 0 Å². The van der Waals surface area contributed by atoms with Gasteiger partial charge in [0.05, 0.1) is 17.5 Å². The molecule has 4 N–H and O–H groups in total. The van der Waals surface area contributed by atoms with E-state index in [4.69, 9.17) is 16.3 Å². The van der Waals surface area contributed by atoms with Crippen molar-refractivity contribution in [2.75, 3.05) is 33.3 Å². The SMILES string of the molecule is COC1CNC(Cl)CC1C1CC(C)NCC1C(=O)NC1NC2CN(C(=O)C3CC4(CC(C)C4)C3)CC2S1. The third-order valence-electron chi connectivity index (χ3n) is 10.3. The maximum Gasteiger partial charge on any atom is 0.226 e. The van der Waals surface area contributed by atoms with Crippen molar-refractivity contribution >= 4 is 35.2 Å². The first-order valence-corrected chi connectivity index (χ1v) is 15.8. The molecule has 8 nitrogen and oxygen atoms in total. The number of carbonyl (C=O) groups excluding carboxylic acids is 2. The van der Waals surface area contributed by atoms with Crippen molar-refractivity contribution in [2.45, 2.75) is 86.8 Å². The van der Waals surface area contributed by atoms with Crippen LogP contribution in [-0.2, 0) is 14.3 Å². The lowest BCUT2D eigenvalue weighted by atomic mass is 9.48. The molecule has 4 heterocycles. The Bertz CT molecular complexity index is 868. The monoisotopic (exact) mass is 553 g/mol. The second-order valence-corrected chi connectivity index (χ2v) is 14.9. The molecule has 6 rings (SSSR count). The third kappa shape index (κ3) is 5.18. The van der Waals surface area contributed by atoms with Crippen molar-refractivity contribution in [3.05, 3.63) is 0 Å². The summed E-state index contributed by atoms with van der Waals surface area (Å²) in [6, 6.07) is 0.618. The number of fused-ring (bicyclic) bond motifs is 1. The molecule has 2 aliphatic carbocycles. The minimum atomic E-state index is -0.109. The van der Waals surface area contributed by atoms with E-state index in [9.17, 15) is 9.59 Å². The maximum absolute atomic E-state index is 13.6. The molecule has 10 heteroatoms. The third-order valence-corrected chi connectivity index (χ3v) is 12.0. The number of thioether (sulfide) groups is 1. The molecule has 6 fully saturated rings. The topological polar surface area (TPSA) is 94.7 Å². The van der Waals surface area contributed by atoms with Crippen LogP contribution in [0.5, 0.6) is 0 Å². The molecule has 0 bridgehead atoms. The Kier molecular flexibility index (Phi) is 7.51. The summed E-state index contributed by atoms with van der Waals surface area (Å²) in [5.74, 6) is 1.93. The second-order valence-electron chi connectivity index (χ2n) is 13.1. The number of carbonyl (C=O) groups is 2. The molecule has 4 saturated heterocycles. The number of piperidine rings is 2. The Balaban J connectivity index is 1.01. The van der Waals surface area contributed by atoms with Gasteiger partial charge in [-0.3, -0.25) is 20.2 Å². The molecule has 0 radical (unpaired) electrons. The number of hydrogen-bond donors (Lipinski definition) is 4. The molecule has 208 valence electrons. The quantitative estimate of drug-likeness (QED) is 0.305. The number of halogens is 1. The molecule has 2 amide bonds. The Morgan fingerprint density at radius 2 is 1.84 bits per heavy atom. The number of nitrogens with zero attached hydrogens (tertiary/aromatic N) is 1. The fourth-order valence-corrected chi connectivity index (χ4v) is 10.3. The number of amides is 2. The Labute approximate surface area is 230 Å². The van der Waals surface area contributed by atoms with E-state index >= 15 is 0 Å². The lowest BCUT2D eigenvalue weighted by Crippen LogP contribution is -2.57. The number of hydrogen-bond acceptors (Lipinski definition) is 7. The van der Waals surface area contributed by atoms with Gasteiger partial charge in [0, 0.05) is 56.5 Å². The van der Waals surface area contributed by atoms with Crippen molar-refractivity contribution in [1.82, 2.24) is 26.2 Å². The predicted octanol–water partition coefficient (Wildman–Crippen LogP) is 1.93. The average molecular weight is 554 g/mol. The summed E-state index contributed by atoms with van der Waals surface area (Å²) in [5.41, 5.74) is 0.323. The second kappa shape index (κ2) is 10.4. The van der Waals surface area contributed by atoms with E-state index in [0.29, 0.717) is 29.2 Å². The van der Waals surface area contributed by atoms with Crippen molar-refractivity contribution in [3.8, 4) is 0 Å². The first kappa shape index (κ1) is 26.6. The number of likely N-dealkylation sites (tertiary alicyclic amines) is 1. The molecule has 0 aromatic heterocycles. The highest BCUT2D eigenvalue weighted by Crippen LogP contribution is 2.61. The van der Waals surface area contributed by atoms with Crippen molar-refractivity contribution in [3.63, 3.8) is 0 Å². The zero-order valence-electron chi connectivity index (χ0n) is 22.4. The van der Waals surface area contributed by atoms with Crippen LogP contribution in [0.25, 0.3) is 0 Å². The highest BCUT2D eigenvalue weighted by molar-refractivity contribution is 8.00. The molecular weight excluding hydrogens is 510 g/mol. The van der Waals surface area contributed by atoms with Gasteiger partial charge in [0.2, 0.25) is 11.8 Å². The number of rotatable bonds is 5. The van der Waals surface area contributed by atoms with Gasteiger partial charge in [0.1, 0.15) is 5.50 Å². The Morgan fingerprint density at radius 3 is 2.54 bits per heavy atom. The number of methoxy groups -OCH3 is 1. The molecule has 2 saturated carbocycles. The fraction of sp³-hybridized carbons (Fsp3) is 0.926. The van der Waals surface area contributed by atoms with Gasteiger partial charge in [0.25, 0.3) is 0 Å². The maximum atomic E-state index is 13.6. The van der Waals surface area contributed by atoms with Gasteiger partial charge in [-0.1, -0.05) is 6.92 Å². The lowest BCUT2D eigenvalue weighted by molar-refractivity contribution is -0.150. The smallest absolute Gasteiger partial charge is 0.226 e. The largest absolute Gasteiger partial charge is 0.380 e. The normalized spacial score (nSPS) is 49.3. The van der Waals surface area contributed by atoms with E-state index in [1.54, 1.807) is 18.9 Å². The van der Waals surface area contributed by atoms with E-state index < -0.39 is 0 Å². The van der Waals surface area contributed by atoms with Gasteiger partial charge in [-0.2, -0.15) is 0 Å². The van der Waals surface area contributed by atoms with Crippen LogP contribution in [0.2, 0.25) is 0 Å². The fourth-order valence-electron chi connectivity index (χ4n) is 8.62. The molecule has 6 aliphatic rings. The Morgan fingerprint density at radius 1 is 1.05 bits per heavy atom. The summed E-state index contributed by atoms with van der Waals surface area (Å²) in [6.45, 7) is 7.47. The average Bonchev–Trinajstić information content (AvgIpc) is 3.38. The number of nitrogens with one attached hydrogen (secondary N) is 4. The molecular formula is C27H44ClN5O3S. The predicted molar refractivity (Wildman–Crippen MR) is 146 cm³/mol. The zero-order valence-corrected chi connectivity index (χ0v) is 24.0. The first-order chi connectivity index (χ1) is 17.7. The summed E-state index contributed by atoms with van der Waals surface area (Å²) in [5, 5.41) is 14.1. The van der Waals surface area contributed by atoms with Gasteiger partial charge < -0.3 is 20.3 Å². The van der Waals surface area contributed by atoms with Crippen LogP contribution in [0.3, 0.4) is 0 Å². The molecule has 37 heavy (non-hydrogen) atoms. The van der Waals surface area contributed by atoms with Crippen LogP contribution in [0, 0.1) is 35.0 Å². The van der Waals surface area contributed by atoms with E-state index in [-0.39, 0.29) is 52.7 Å². The van der Waals surface area contributed by atoms with Crippen molar-refractivity contribution < 1.29 is 14.3 Å². The van der Waals surface area contributed by atoms with Gasteiger partial charge >= 0.3 is 0 Å². The van der Waals surface area contributed by atoms with Crippen molar-refractivity contribution in [2.24, 2.45) is 35.0 Å². The summed E-state index contributed by atoms with van der Waals surface area (Å²) >= 11 is 8.26. The Hall–Kier alpha value is -0.580. The lowest BCUT2D eigenvalue weighted by Gasteiger charge is -2.57. The minimum Gasteiger partial charge on any atom is -0.380 e. The molecule has 1 spiro atoms. The number of alkyl halides is 1. The molecule has 9 atom stereocenters. The van der Waals surface area contributed by atoms with Crippen LogP contribution in [0.4, 0.5) is 0 Å². The summed E-state index contributed by atoms with van der Waals surface area (Å²) in [7, 11) is 1.76. The van der Waals surface area contributed by atoms with E-state index in [2.05, 4.69) is 40.0 Å². The molecule has 0 aromatic carbocycles. The van der Waals surface area contributed by atoms with Crippen LogP contribution >= 0.6 is 23.4 Å². The van der Waals surface area contributed by atoms with Crippen LogP contribution in [0.15, 0.2) is 0 Å². The van der Waals surface area contributed by atoms with Gasteiger partial charge in [-0.15, -0.1) is 23.4 Å². The molecule has 4 aliphatic heterocycles. The van der Waals surface area contributed by atoms with E-state index in [1.165, 1.54) is 12.8 Å². The first-order valence-electron chi connectivity index (χ1n) is 14.4. The summed E-state index contributed by atoms with van der Waals surface area (Å²) in [6.07, 6.45) is 6.65. The molecule has 9 unspecified atom stereocenters. The van der Waals surface area contributed by atoms with Crippen LogP contribution in [-0.4, -0.2) is 84.4 Å². The molecule has 0 aromatic rings. The van der Waals surface area contributed by atoms with Gasteiger partial charge in [0.15, 0.2) is 0 Å². The highest BCUT2D eigenvalue weighted by atomic mass is 35.5. The highest BCUT2D eigenvalue weighted by Gasteiger charge is 2.55. The van der Waals surface area contributed by atoms with Crippen molar-refractivity contribution in [1.29, 1.82) is 0 Å². The van der Waals surface area contributed by atoms with E-state index in [0.717, 1.165) is 51.2 Å². The minimum absolute atomic E-state index is 0.0701. The zero-order chi connectivity index (χ0) is 25.9. The van der Waals surface area contributed by atoms with Gasteiger partial charge in [-0.25, -0.2) is 0 Å². The summed E-state index contributed by atoms with van der Waals surface area (Å²) in [4.78, 5) is 28.8.